The van der Waals surface area contributed by atoms with Gasteiger partial charge in [0.25, 0.3) is 0 Å². The summed E-state index contributed by atoms with van der Waals surface area (Å²) >= 11 is 5.96. The van der Waals surface area contributed by atoms with E-state index in [-0.39, 0.29) is 5.97 Å². The molecule has 0 saturated heterocycles. The van der Waals surface area contributed by atoms with Crippen LogP contribution in [-0.2, 0) is 11.3 Å². The van der Waals surface area contributed by atoms with Gasteiger partial charge < -0.3 is 4.74 Å². The third kappa shape index (κ3) is 4.88. The van der Waals surface area contributed by atoms with Crippen LogP contribution in [-0.4, -0.2) is 31.1 Å². The number of nitrogens with zero attached hydrogens (tertiary/aromatic N) is 1. The van der Waals surface area contributed by atoms with E-state index in [0.29, 0.717) is 23.7 Å². The van der Waals surface area contributed by atoms with Crippen molar-refractivity contribution in [3.63, 3.8) is 0 Å². The molecule has 3 nitrogen and oxygen atoms in total. The number of likely N-dealkylation sites (N-methyl/N-ethyl adjacent to an activating group) is 1. The summed E-state index contributed by atoms with van der Waals surface area (Å²) in [6, 6.07) is 17.1. The maximum atomic E-state index is 11.9. The highest BCUT2D eigenvalue weighted by Gasteiger charge is 2.11. The van der Waals surface area contributed by atoms with Crippen LogP contribution in [0, 0.1) is 0 Å². The van der Waals surface area contributed by atoms with Crippen molar-refractivity contribution in [1.29, 1.82) is 0 Å². The first-order chi connectivity index (χ1) is 10.2. The molecule has 0 unspecified atom stereocenters. The molecule has 21 heavy (non-hydrogen) atoms. The molecule has 0 aromatic heterocycles. The molecule has 0 saturated carbocycles. The molecule has 0 fully saturated rings. The number of ether oxygens (including phenoxy) is 1. The number of halogens is 1. The lowest BCUT2D eigenvalue weighted by atomic mass is 10.2. The number of hydrogen-bond acceptors (Lipinski definition) is 3. The Morgan fingerprint density at radius 3 is 2.48 bits per heavy atom. The summed E-state index contributed by atoms with van der Waals surface area (Å²) in [5.74, 6) is -0.381. The van der Waals surface area contributed by atoms with Crippen molar-refractivity contribution >= 4 is 17.6 Å². The summed E-state index contributed by atoms with van der Waals surface area (Å²) in [6.45, 7) is 1.84. The molecule has 2 aromatic carbocycles. The Labute approximate surface area is 130 Å². The van der Waals surface area contributed by atoms with Gasteiger partial charge in [0.05, 0.1) is 10.6 Å². The minimum absolute atomic E-state index is 0.341. The molecule has 0 radical (unpaired) electrons. The van der Waals surface area contributed by atoms with E-state index < -0.39 is 0 Å². The number of hydrogen-bond donors (Lipinski definition) is 0. The maximum Gasteiger partial charge on any atom is 0.339 e. The van der Waals surface area contributed by atoms with E-state index >= 15 is 0 Å². The normalized spacial score (nSPS) is 10.6. The van der Waals surface area contributed by atoms with Crippen molar-refractivity contribution < 1.29 is 9.53 Å². The third-order valence-corrected chi connectivity index (χ3v) is 3.42. The van der Waals surface area contributed by atoms with Crippen molar-refractivity contribution in [2.75, 3.05) is 20.2 Å². The first-order valence-electron chi connectivity index (χ1n) is 6.81. The largest absolute Gasteiger partial charge is 0.461 e. The van der Waals surface area contributed by atoms with Crippen LogP contribution < -0.4 is 0 Å². The summed E-state index contributed by atoms with van der Waals surface area (Å²) in [6.07, 6.45) is 0. The molecule has 0 aliphatic heterocycles. The Kier molecular flexibility index (Phi) is 5.78. The van der Waals surface area contributed by atoms with E-state index in [0.717, 1.165) is 6.54 Å². The SMILES string of the molecule is CN(CCOC(=O)c1ccccc1Cl)Cc1ccccc1. The molecule has 0 spiro atoms. The van der Waals surface area contributed by atoms with Crippen LogP contribution in [0.2, 0.25) is 5.02 Å². The second-order valence-electron chi connectivity index (χ2n) is 4.84. The zero-order valence-corrected chi connectivity index (χ0v) is 12.7. The molecule has 0 amide bonds. The second kappa shape index (κ2) is 7.81. The summed E-state index contributed by atoms with van der Waals surface area (Å²) in [5.41, 5.74) is 1.64. The molecule has 0 heterocycles. The van der Waals surface area contributed by atoms with Crippen LogP contribution >= 0.6 is 11.6 Å². The Morgan fingerprint density at radius 2 is 1.76 bits per heavy atom. The van der Waals surface area contributed by atoms with Crippen molar-refractivity contribution in [3.8, 4) is 0 Å². The monoisotopic (exact) mass is 303 g/mol. The average Bonchev–Trinajstić information content (AvgIpc) is 2.48. The Hall–Kier alpha value is -1.84. The Balaban J connectivity index is 1.76. The fraction of sp³-hybridized carbons (Fsp3) is 0.235. The Bertz CT molecular complexity index is 586. The van der Waals surface area contributed by atoms with Gasteiger partial charge in [0.1, 0.15) is 6.61 Å². The van der Waals surface area contributed by atoms with Crippen LogP contribution in [0.3, 0.4) is 0 Å². The number of rotatable bonds is 6. The van der Waals surface area contributed by atoms with Crippen LogP contribution in [0.5, 0.6) is 0 Å². The molecular formula is C17H18ClNO2. The molecule has 0 aliphatic rings. The van der Waals surface area contributed by atoms with Crippen LogP contribution in [0.15, 0.2) is 54.6 Å². The molecular weight excluding hydrogens is 286 g/mol. The minimum Gasteiger partial charge on any atom is -0.461 e. The number of benzene rings is 2. The standard InChI is InChI=1S/C17H18ClNO2/c1-19(13-14-7-3-2-4-8-14)11-12-21-17(20)15-9-5-6-10-16(15)18/h2-10H,11-13H2,1H3. The highest BCUT2D eigenvalue weighted by Crippen LogP contribution is 2.15. The van der Waals surface area contributed by atoms with Gasteiger partial charge in [-0.3, -0.25) is 4.90 Å². The smallest absolute Gasteiger partial charge is 0.339 e. The van der Waals surface area contributed by atoms with E-state index in [1.807, 2.05) is 25.2 Å². The topological polar surface area (TPSA) is 29.5 Å². The van der Waals surface area contributed by atoms with Crippen molar-refractivity contribution in [2.45, 2.75) is 6.54 Å². The predicted octanol–water partition coefficient (Wildman–Crippen LogP) is 3.63. The number of carbonyl (C=O) groups is 1. The number of esters is 1. The van der Waals surface area contributed by atoms with Crippen molar-refractivity contribution in [3.05, 3.63) is 70.7 Å². The molecule has 0 bridgehead atoms. The lowest BCUT2D eigenvalue weighted by Crippen LogP contribution is -2.24. The van der Waals surface area contributed by atoms with Gasteiger partial charge in [0.15, 0.2) is 0 Å². The van der Waals surface area contributed by atoms with Crippen LogP contribution in [0.1, 0.15) is 15.9 Å². The average molecular weight is 304 g/mol. The summed E-state index contributed by atoms with van der Waals surface area (Å²) in [7, 11) is 2.00. The second-order valence-corrected chi connectivity index (χ2v) is 5.25. The van der Waals surface area contributed by atoms with Gasteiger partial charge in [-0.2, -0.15) is 0 Å². The molecule has 0 N–H and O–H groups in total. The van der Waals surface area contributed by atoms with Gasteiger partial charge in [0, 0.05) is 13.1 Å². The number of carbonyl (C=O) groups excluding carboxylic acids is 1. The predicted molar refractivity (Wildman–Crippen MR) is 84.5 cm³/mol. The molecule has 0 atom stereocenters. The van der Waals surface area contributed by atoms with Crippen molar-refractivity contribution in [2.24, 2.45) is 0 Å². The lowest BCUT2D eigenvalue weighted by molar-refractivity contribution is 0.0471. The van der Waals surface area contributed by atoms with Gasteiger partial charge >= 0.3 is 5.97 Å². The van der Waals surface area contributed by atoms with Crippen LogP contribution in [0.25, 0.3) is 0 Å². The molecule has 2 rings (SSSR count). The molecule has 0 aliphatic carbocycles. The van der Waals surface area contributed by atoms with Gasteiger partial charge in [-0.15, -0.1) is 0 Å². The Morgan fingerprint density at radius 1 is 1.10 bits per heavy atom. The van der Waals surface area contributed by atoms with E-state index in [1.54, 1.807) is 24.3 Å². The highest BCUT2D eigenvalue weighted by atomic mass is 35.5. The van der Waals surface area contributed by atoms with E-state index in [1.165, 1.54) is 5.56 Å². The van der Waals surface area contributed by atoms with Gasteiger partial charge in [0.2, 0.25) is 0 Å². The van der Waals surface area contributed by atoms with Gasteiger partial charge in [-0.1, -0.05) is 54.1 Å². The molecule has 4 heteroatoms. The summed E-state index contributed by atoms with van der Waals surface area (Å²) in [5, 5.41) is 0.417. The minimum atomic E-state index is -0.381. The van der Waals surface area contributed by atoms with Gasteiger partial charge in [-0.25, -0.2) is 4.79 Å². The van der Waals surface area contributed by atoms with E-state index in [4.69, 9.17) is 16.3 Å². The fourth-order valence-electron chi connectivity index (χ4n) is 1.97. The molecule has 110 valence electrons. The highest BCUT2D eigenvalue weighted by molar-refractivity contribution is 6.33. The van der Waals surface area contributed by atoms with E-state index in [2.05, 4.69) is 17.0 Å². The first kappa shape index (κ1) is 15.5. The van der Waals surface area contributed by atoms with Crippen molar-refractivity contribution in [1.82, 2.24) is 4.90 Å². The van der Waals surface area contributed by atoms with E-state index in [9.17, 15) is 4.79 Å². The van der Waals surface area contributed by atoms with Crippen LogP contribution in [0.4, 0.5) is 0 Å². The third-order valence-electron chi connectivity index (χ3n) is 3.10. The maximum absolute atomic E-state index is 11.9. The molecule has 2 aromatic rings. The summed E-state index contributed by atoms with van der Waals surface area (Å²) in [4.78, 5) is 14.0. The fourth-order valence-corrected chi connectivity index (χ4v) is 2.19. The summed E-state index contributed by atoms with van der Waals surface area (Å²) < 4.78 is 5.25. The lowest BCUT2D eigenvalue weighted by Gasteiger charge is -2.16. The zero-order chi connectivity index (χ0) is 15.1. The van der Waals surface area contributed by atoms with Gasteiger partial charge in [-0.05, 0) is 24.7 Å². The first-order valence-corrected chi connectivity index (χ1v) is 7.19. The quantitative estimate of drug-likeness (QED) is 0.763. The zero-order valence-electron chi connectivity index (χ0n) is 12.0.